The molecule has 6 heteroatoms. The molecule has 3 aromatic rings. The van der Waals surface area contributed by atoms with Crippen LogP contribution < -0.4 is 4.74 Å². The van der Waals surface area contributed by atoms with Gasteiger partial charge in [-0.3, -0.25) is 4.79 Å². The molecule has 0 spiro atoms. The Morgan fingerprint density at radius 3 is 1.96 bits per heavy atom. The summed E-state index contributed by atoms with van der Waals surface area (Å²) in [6.45, 7) is 1.51. The molecule has 0 aliphatic carbocycles. The van der Waals surface area contributed by atoms with Crippen LogP contribution in [0.15, 0.2) is 65.5 Å². The van der Waals surface area contributed by atoms with Gasteiger partial charge in [0.15, 0.2) is 12.2 Å². The van der Waals surface area contributed by atoms with Gasteiger partial charge < -0.3 is 14.3 Å². The maximum atomic E-state index is 9.62. The summed E-state index contributed by atoms with van der Waals surface area (Å²) in [5, 5.41) is 7.38. The fourth-order valence-electron chi connectivity index (χ4n) is 1.97. The fourth-order valence-corrected chi connectivity index (χ4v) is 1.97. The SMILES string of the molecule is CC(S)C(=O)O.COc1ccc(-c2ccc(-c3cnco3)cc2)cc1. The van der Waals surface area contributed by atoms with Gasteiger partial charge in [-0.25, -0.2) is 4.98 Å². The zero-order chi connectivity index (χ0) is 18.2. The number of methoxy groups -OCH3 is 1. The lowest BCUT2D eigenvalue weighted by atomic mass is 10.0. The van der Waals surface area contributed by atoms with Crippen LogP contribution in [0.2, 0.25) is 0 Å². The summed E-state index contributed by atoms with van der Waals surface area (Å²) < 4.78 is 10.4. The third kappa shape index (κ3) is 5.39. The van der Waals surface area contributed by atoms with Crippen molar-refractivity contribution in [3.8, 4) is 28.2 Å². The van der Waals surface area contributed by atoms with E-state index in [1.807, 2.05) is 36.4 Å². The van der Waals surface area contributed by atoms with Crippen molar-refractivity contribution in [3.63, 3.8) is 0 Å². The van der Waals surface area contributed by atoms with E-state index in [1.165, 1.54) is 13.3 Å². The van der Waals surface area contributed by atoms with E-state index in [2.05, 4.69) is 29.7 Å². The van der Waals surface area contributed by atoms with Crippen LogP contribution in [0.3, 0.4) is 0 Å². The number of carbonyl (C=O) groups is 1. The van der Waals surface area contributed by atoms with Gasteiger partial charge >= 0.3 is 5.97 Å². The Balaban J connectivity index is 0.000000326. The maximum Gasteiger partial charge on any atom is 0.316 e. The van der Waals surface area contributed by atoms with Crippen molar-refractivity contribution in [2.75, 3.05) is 7.11 Å². The van der Waals surface area contributed by atoms with Crippen LogP contribution in [0, 0.1) is 0 Å². The minimum absolute atomic E-state index is 0.537. The van der Waals surface area contributed by atoms with Gasteiger partial charge in [-0.1, -0.05) is 36.4 Å². The van der Waals surface area contributed by atoms with Crippen LogP contribution in [-0.4, -0.2) is 28.4 Å². The van der Waals surface area contributed by atoms with Crippen molar-refractivity contribution in [2.24, 2.45) is 0 Å². The van der Waals surface area contributed by atoms with Crippen molar-refractivity contribution in [2.45, 2.75) is 12.2 Å². The van der Waals surface area contributed by atoms with E-state index in [9.17, 15) is 4.79 Å². The minimum Gasteiger partial charge on any atom is -0.497 e. The number of carboxylic acid groups (broad SMARTS) is 1. The van der Waals surface area contributed by atoms with Gasteiger partial charge in [-0.05, 0) is 30.2 Å². The summed E-state index contributed by atoms with van der Waals surface area (Å²) in [5.74, 6) is 0.765. The first-order chi connectivity index (χ1) is 12.0. The highest BCUT2D eigenvalue weighted by Gasteiger charge is 2.03. The average molecular weight is 357 g/mol. The molecule has 0 saturated heterocycles. The molecule has 0 bridgehead atoms. The quantitative estimate of drug-likeness (QED) is 0.677. The number of rotatable bonds is 4. The summed E-state index contributed by atoms with van der Waals surface area (Å²) in [4.78, 5) is 13.5. The van der Waals surface area contributed by atoms with Crippen molar-refractivity contribution < 1.29 is 19.1 Å². The molecule has 130 valence electrons. The van der Waals surface area contributed by atoms with E-state index in [0.29, 0.717) is 0 Å². The molecule has 3 rings (SSSR count). The lowest BCUT2D eigenvalue weighted by molar-refractivity contribution is -0.136. The van der Waals surface area contributed by atoms with E-state index in [1.54, 1.807) is 13.3 Å². The largest absolute Gasteiger partial charge is 0.497 e. The molecule has 1 N–H and O–H groups in total. The van der Waals surface area contributed by atoms with Gasteiger partial charge in [0.2, 0.25) is 0 Å². The molecule has 0 fully saturated rings. The van der Waals surface area contributed by atoms with Gasteiger partial charge in [0.1, 0.15) is 5.75 Å². The number of hydrogen-bond acceptors (Lipinski definition) is 5. The first-order valence-corrected chi connectivity index (χ1v) is 8.07. The maximum absolute atomic E-state index is 9.62. The predicted molar refractivity (Wildman–Crippen MR) is 100 cm³/mol. The smallest absolute Gasteiger partial charge is 0.316 e. The van der Waals surface area contributed by atoms with Gasteiger partial charge in [-0.15, -0.1) is 0 Å². The fraction of sp³-hybridized carbons (Fsp3) is 0.158. The number of thiol groups is 1. The van der Waals surface area contributed by atoms with Crippen LogP contribution in [0.4, 0.5) is 0 Å². The number of nitrogens with zero attached hydrogens (tertiary/aromatic N) is 1. The van der Waals surface area contributed by atoms with E-state index in [4.69, 9.17) is 14.3 Å². The number of aromatic nitrogens is 1. The molecule has 5 nitrogen and oxygen atoms in total. The second-order valence-electron chi connectivity index (χ2n) is 5.19. The normalized spacial score (nSPS) is 11.2. The first kappa shape index (κ1) is 18.6. The summed E-state index contributed by atoms with van der Waals surface area (Å²) in [7, 11) is 1.67. The molecule has 0 saturated carbocycles. The molecule has 25 heavy (non-hydrogen) atoms. The van der Waals surface area contributed by atoms with Gasteiger partial charge in [0, 0.05) is 5.56 Å². The van der Waals surface area contributed by atoms with Gasteiger partial charge in [-0.2, -0.15) is 12.6 Å². The molecule has 1 atom stereocenters. The number of carboxylic acids is 1. The highest BCUT2D eigenvalue weighted by atomic mass is 32.1. The lowest BCUT2D eigenvalue weighted by Crippen LogP contribution is -2.06. The monoisotopic (exact) mass is 357 g/mol. The Morgan fingerprint density at radius 1 is 1.08 bits per heavy atom. The van der Waals surface area contributed by atoms with Crippen molar-refractivity contribution >= 4 is 18.6 Å². The highest BCUT2D eigenvalue weighted by molar-refractivity contribution is 7.81. The number of aliphatic carboxylic acids is 1. The molecule has 0 aliphatic heterocycles. The standard InChI is InChI=1S/C16H13NO2.C3H6O2S/c1-18-15-8-6-13(7-9-15)12-2-4-14(5-3-12)16-10-17-11-19-16;1-2(6)3(4)5/h2-11H,1H3;2,6H,1H3,(H,4,5). The van der Waals surface area contributed by atoms with Gasteiger partial charge in [0.05, 0.1) is 18.6 Å². The molecule has 0 aliphatic rings. The number of hydrogen-bond donors (Lipinski definition) is 2. The van der Waals surface area contributed by atoms with Crippen LogP contribution in [0.1, 0.15) is 6.92 Å². The molecule has 1 unspecified atom stereocenters. The molecular weight excluding hydrogens is 338 g/mol. The Labute approximate surface area is 151 Å². The molecule has 1 heterocycles. The van der Waals surface area contributed by atoms with Crippen molar-refractivity contribution in [3.05, 3.63) is 61.1 Å². The first-order valence-electron chi connectivity index (χ1n) is 7.55. The number of oxazole rings is 1. The minimum atomic E-state index is -0.877. The van der Waals surface area contributed by atoms with Crippen LogP contribution in [0.25, 0.3) is 22.5 Å². The second-order valence-corrected chi connectivity index (χ2v) is 5.96. The second kappa shape index (κ2) is 8.94. The molecular formula is C19H19NO4S. The topological polar surface area (TPSA) is 72.6 Å². The molecule has 2 aromatic carbocycles. The molecule has 0 radical (unpaired) electrons. The van der Waals surface area contributed by atoms with Crippen LogP contribution >= 0.6 is 12.6 Å². The third-order valence-electron chi connectivity index (χ3n) is 3.38. The van der Waals surface area contributed by atoms with Crippen LogP contribution in [-0.2, 0) is 4.79 Å². The van der Waals surface area contributed by atoms with Crippen LogP contribution in [0.5, 0.6) is 5.75 Å². The summed E-state index contributed by atoms with van der Waals surface area (Å²) in [6.07, 6.45) is 3.15. The number of benzene rings is 2. The average Bonchev–Trinajstić information content (AvgIpc) is 3.17. The summed E-state index contributed by atoms with van der Waals surface area (Å²) in [5.41, 5.74) is 3.34. The Morgan fingerprint density at radius 2 is 1.56 bits per heavy atom. The van der Waals surface area contributed by atoms with Crippen molar-refractivity contribution in [1.82, 2.24) is 4.98 Å². The van der Waals surface area contributed by atoms with E-state index in [-0.39, 0.29) is 0 Å². The Hall–Kier alpha value is -2.73. The number of ether oxygens (including phenoxy) is 1. The highest BCUT2D eigenvalue weighted by Crippen LogP contribution is 2.25. The predicted octanol–water partition coefficient (Wildman–Crippen LogP) is 4.41. The molecule has 0 amide bonds. The van der Waals surface area contributed by atoms with Crippen molar-refractivity contribution in [1.29, 1.82) is 0 Å². The van der Waals surface area contributed by atoms with E-state index in [0.717, 1.165) is 28.2 Å². The molecule has 1 aromatic heterocycles. The third-order valence-corrected chi connectivity index (χ3v) is 3.60. The van der Waals surface area contributed by atoms with Gasteiger partial charge in [0.25, 0.3) is 0 Å². The van der Waals surface area contributed by atoms with E-state index < -0.39 is 11.2 Å². The van der Waals surface area contributed by atoms with E-state index >= 15 is 0 Å². The lowest BCUT2D eigenvalue weighted by Gasteiger charge is -2.04. The summed E-state index contributed by atoms with van der Waals surface area (Å²) >= 11 is 3.59. The Bertz CT molecular complexity index is 781. The zero-order valence-corrected chi connectivity index (χ0v) is 14.8. The zero-order valence-electron chi connectivity index (χ0n) is 13.9. The summed E-state index contributed by atoms with van der Waals surface area (Å²) in [6, 6.07) is 16.2. The Kier molecular flexibility index (Phi) is 6.65.